The molecule has 3 heteroatoms. The number of rotatable bonds is 2. The van der Waals surface area contributed by atoms with Crippen molar-refractivity contribution in [2.24, 2.45) is 11.3 Å². The van der Waals surface area contributed by atoms with Gasteiger partial charge in [-0.3, -0.25) is 0 Å². The molecule has 2 nitrogen and oxygen atoms in total. The molecule has 114 valence electrons. The molecule has 1 saturated carbocycles. The zero-order chi connectivity index (χ0) is 15.5. The summed E-state index contributed by atoms with van der Waals surface area (Å²) in [5.41, 5.74) is 2.10. The first-order valence-electron chi connectivity index (χ1n) is 7.86. The number of benzene rings is 1. The van der Waals surface area contributed by atoms with Crippen molar-refractivity contribution in [3.63, 3.8) is 0 Å². The molecule has 1 aliphatic carbocycles. The van der Waals surface area contributed by atoms with Crippen LogP contribution in [-0.2, 0) is 0 Å². The predicted octanol–water partition coefficient (Wildman–Crippen LogP) is 5.73. The van der Waals surface area contributed by atoms with Gasteiger partial charge in [0.2, 0.25) is 0 Å². The molecular formula is C18H25BrN2. The summed E-state index contributed by atoms with van der Waals surface area (Å²) in [6.45, 7) is 7.07. The maximum Gasteiger partial charge on any atom is 0.101 e. The van der Waals surface area contributed by atoms with Crippen LogP contribution in [-0.4, -0.2) is 6.04 Å². The minimum Gasteiger partial charge on any atom is -0.381 e. The van der Waals surface area contributed by atoms with E-state index in [9.17, 15) is 5.26 Å². The van der Waals surface area contributed by atoms with Crippen LogP contribution in [0.3, 0.4) is 0 Å². The Morgan fingerprint density at radius 2 is 1.95 bits per heavy atom. The van der Waals surface area contributed by atoms with Crippen LogP contribution in [0.2, 0.25) is 0 Å². The van der Waals surface area contributed by atoms with Crippen molar-refractivity contribution in [2.75, 3.05) is 5.32 Å². The van der Waals surface area contributed by atoms with Gasteiger partial charge in [0.25, 0.3) is 0 Å². The summed E-state index contributed by atoms with van der Waals surface area (Å²) in [5.74, 6) is 0.810. The van der Waals surface area contributed by atoms with Gasteiger partial charge in [-0.15, -0.1) is 0 Å². The monoisotopic (exact) mass is 348 g/mol. The molecule has 0 bridgehead atoms. The lowest BCUT2D eigenvalue weighted by Crippen LogP contribution is -2.22. The first kappa shape index (κ1) is 16.4. The maximum atomic E-state index is 9.27. The van der Waals surface area contributed by atoms with E-state index in [0.29, 0.717) is 11.5 Å². The summed E-state index contributed by atoms with van der Waals surface area (Å²) in [6.07, 6.45) is 6.28. The summed E-state index contributed by atoms with van der Waals surface area (Å²) >= 11 is 3.43. The Balaban J connectivity index is 2.03. The highest BCUT2D eigenvalue weighted by Crippen LogP contribution is 2.37. The first-order valence-corrected chi connectivity index (χ1v) is 8.65. The van der Waals surface area contributed by atoms with E-state index >= 15 is 0 Å². The summed E-state index contributed by atoms with van der Waals surface area (Å²) in [4.78, 5) is 0. The zero-order valence-corrected chi connectivity index (χ0v) is 14.8. The van der Waals surface area contributed by atoms with Crippen LogP contribution in [0.4, 0.5) is 5.69 Å². The van der Waals surface area contributed by atoms with Gasteiger partial charge in [0.15, 0.2) is 0 Å². The standard InChI is InChI=1S/C18H25BrN2/c1-18(2,3)14-5-4-6-16(9-7-14)21-17-10-8-15(19)11-13(17)12-20/h8,10-11,14,16,21H,4-7,9H2,1-3H3. The van der Waals surface area contributed by atoms with Gasteiger partial charge in [-0.2, -0.15) is 5.26 Å². The fraction of sp³-hybridized carbons (Fsp3) is 0.611. The smallest absolute Gasteiger partial charge is 0.101 e. The number of nitriles is 1. The number of hydrogen-bond acceptors (Lipinski definition) is 2. The van der Waals surface area contributed by atoms with Crippen molar-refractivity contribution < 1.29 is 0 Å². The van der Waals surface area contributed by atoms with Crippen LogP contribution in [0.25, 0.3) is 0 Å². The minimum atomic E-state index is 0.407. The predicted molar refractivity (Wildman–Crippen MR) is 92.3 cm³/mol. The minimum absolute atomic E-state index is 0.407. The van der Waals surface area contributed by atoms with E-state index in [1.807, 2.05) is 18.2 Å². The molecule has 0 heterocycles. The molecule has 0 radical (unpaired) electrons. The van der Waals surface area contributed by atoms with E-state index in [4.69, 9.17) is 0 Å². The molecule has 0 aliphatic heterocycles. The van der Waals surface area contributed by atoms with Gasteiger partial charge in [0.05, 0.1) is 11.3 Å². The summed E-state index contributed by atoms with van der Waals surface area (Å²) < 4.78 is 0.957. The van der Waals surface area contributed by atoms with Gasteiger partial charge in [0.1, 0.15) is 6.07 Å². The number of anilines is 1. The number of nitrogens with one attached hydrogen (secondary N) is 1. The van der Waals surface area contributed by atoms with Crippen molar-refractivity contribution >= 4 is 21.6 Å². The quantitative estimate of drug-likeness (QED) is 0.692. The highest BCUT2D eigenvalue weighted by Gasteiger charge is 2.27. The third kappa shape index (κ3) is 4.48. The van der Waals surface area contributed by atoms with E-state index in [1.54, 1.807) is 0 Å². The van der Waals surface area contributed by atoms with Crippen LogP contribution < -0.4 is 5.32 Å². The van der Waals surface area contributed by atoms with Crippen molar-refractivity contribution in [3.05, 3.63) is 28.2 Å². The Labute approximate surface area is 137 Å². The third-order valence-electron chi connectivity index (χ3n) is 4.66. The van der Waals surface area contributed by atoms with Crippen molar-refractivity contribution in [1.29, 1.82) is 5.26 Å². The van der Waals surface area contributed by atoms with Crippen LogP contribution in [0, 0.1) is 22.7 Å². The van der Waals surface area contributed by atoms with E-state index in [-0.39, 0.29) is 0 Å². The van der Waals surface area contributed by atoms with Crippen LogP contribution in [0.15, 0.2) is 22.7 Å². The number of halogens is 1. The molecule has 0 aromatic heterocycles. The first-order chi connectivity index (χ1) is 9.90. The zero-order valence-electron chi connectivity index (χ0n) is 13.2. The molecular weight excluding hydrogens is 324 g/mol. The number of hydrogen-bond donors (Lipinski definition) is 1. The van der Waals surface area contributed by atoms with E-state index in [0.717, 1.165) is 21.6 Å². The van der Waals surface area contributed by atoms with Crippen LogP contribution in [0.1, 0.15) is 58.4 Å². The molecule has 0 amide bonds. The Kier molecular flexibility index (Phi) is 5.32. The molecule has 2 atom stereocenters. The molecule has 1 aromatic rings. The molecule has 1 aliphatic rings. The highest BCUT2D eigenvalue weighted by molar-refractivity contribution is 9.10. The maximum absolute atomic E-state index is 9.27. The van der Waals surface area contributed by atoms with Gasteiger partial charge in [0, 0.05) is 10.5 Å². The summed E-state index contributed by atoms with van der Waals surface area (Å²) in [6, 6.07) is 8.67. The van der Waals surface area contributed by atoms with Crippen LogP contribution >= 0.6 is 15.9 Å². The van der Waals surface area contributed by atoms with Gasteiger partial charge < -0.3 is 5.32 Å². The van der Waals surface area contributed by atoms with Crippen LogP contribution in [0.5, 0.6) is 0 Å². The largest absolute Gasteiger partial charge is 0.381 e. The van der Waals surface area contributed by atoms with E-state index < -0.39 is 0 Å². The molecule has 2 unspecified atom stereocenters. The lowest BCUT2D eigenvalue weighted by molar-refractivity contribution is 0.214. The molecule has 1 N–H and O–H groups in total. The Bertz CT molecular complexity index is 525. The lowest BCUT2D eigenvalue weighted by Gasteiger charge is -2.29. The molecule has 1 fully saturated rings. The topological polar surface area (TPSA) is 35.8 Å². The lowest BCUT2D eigenvalue weighted by atomic mass is 9.76. The van der Waals surface area contributed by atoms with Gasteiger partial charge in [-0.05, 0) is 55.2 Å². The molecule has 2 rings (SSSR count). The van der Waals surface area contributed by atoms with Gasteiger partial charge in [-0.1, -0.05) is 43.1 Å². The highest BCUT2D eigenvalue weighted by atomic mass is 79.9. The average molecular weight is 349 g/mol. The second-order valence-corrected chi connectivity index (χ2v) is 8.13. The van der Waals surface area contributed by atoms with Crippen molar-refractivity contribution in [1.82, 2.24) is 0 Å². The SMILES string of the molecule is CC(C)(C)C1CCCC(Nc2ccc(Br)cc2C#N)CC1. The van der Waals surface area contributed by atoms with Crippen molar-refractivity contribution in [2.45, 2.75) is 58.9 Å². The van der Waals surface area contributed by atoms with E-state index in [2.05, 4.69) is 48.1 Å². The van der Waals surface area contributed by atoms with E-state index in [1.165, 1.54) is 32.1 Å². The Hall–Kier alpha value is -1.01. The summed E-state index contributed by atoms with van der Waals surface area (Å²) in [5, 5.41) is 12.9. The molecule has 0 spiro atoms. The molecule has 21 heavy (non-hydrogen) atoms. The van der Waals surface area contributed by atoms with Crippen molar-refractivity contribution in [3.8, 4) is 6.07 Å². The second-order valence-electron chi connectivity index (χ2n) is 7.21. The molecule has 1 aromatic carbocycles. The average Bonchev–Trinajstić information content (AvgIpc) is 2.66. The summed E-state index contributed by atoms with van der Waals surface area (Å²) in [7, 11) is 0. The fourth-order valence-electron chi connectivity index (χ4n) is 3.27. The normalized spacial score (nSPS) is 23.2. The van der Waals surface area contributed by atoms with Gasteiger partial charge in [-0.25, -0.2) is 0 Å². The Morgan fingerprint density at radius 1 is 1.19 bits per heavy atom. The molecule has 0 saturated heterocycles. The van der Waals surface area contributed by atoms with Gasteiger partial charge >= 0.3 is 0 Å². The fourth-order valence-corrected chi connectivity index (χ4v) is 3.63. The Morgan fingerprint density at radius 3 is 2.62 bits per heavy atom. The third-order valence-corrected chi connectivity index (χ3v) is 5.15. The second kappa shape index (κ2) is 6.83. The number of nitrogens with zero attached hydrogens (tertiary/aromatic N) is 1.